The van der Waals surface area contributed by atoms with E-state index in [2.05, 4.69) is 10.3 Å². The standard InChI is InChI=1S/C19H20F3N3O2S/c1-18(2,3)16(27)24-17-23-11(10-28-17)9-15(26)25-8-7-12-13(19(20,21)22)5-4-6-14(12)25/h4-6,10H,7-9H2,1-3H3,(H,23,24,27). The average Bonchev–Trinajstić information content (AvgIpc) is 3.19. The Labute approximate surface area is 164 Å². The van der Waals surface area contributed by atoms with Gasteiger partial charge < -0.3 is 10.2 Å². The highest BCUT2D eigenvalue weighted by Gasteiger charge is 2.37. The van der Waals surface area contributed by atoms with E-state index in [9.17, 15) is 22.8 Å². The Bertz CT molecular complexity index is 916. The molecular formula is C19H20F3N3O2S. The summed E-state index contributed by atoms with van der Waals surface area (Å²) in [6.07, 6.45) is -4.32. The first-order valence-electron chi connectivity index (χ1n) is 8.72. The Morgan fingerprint density at radius 2 is 1.96 bits per heavy atom. The third-order valence-electron chi connectivity index (χ3n) is 4.42. The fourth-order valence-electron chi connectivity index (χ4n) is 2.94. The number of rotatable bonds is 3. The second kappa shape index (κ2) is 7.20. The highest BCUT2D eigenvalue weighted by Crippen LogP contribution is 2.39. The zero-order valence-electron chi connectivity index (χ0n) is 15.7. The first-order valence-corrected chi connectivity index (χ1v) is 9.60. The minimum atomic E-state index is -4.44. The summed E-state index contributed by atoms with van der Waals surface area (Å²) in [6.45, 7) is 5.54. The van der Waals surface area contributed by atoms with Crippen molar-refractivity contribution >= 4 is 34.0 Å². The van der Waals surface area contributed by atoms with E-state index in [4.69, 9.17) is 0 Å². The van der Waals surface area contributed by atoms with E-state index in [0.29, 0.717) is 16.5 Å². The molecule has 150 valence electrons. The van der Waals surface area contributed by atoms with Crippen molar-refractivity contribution in [3.63, 3.8) is 0 Å². The van der Waals surface area contributed by atoms with E-state index < -0.39 is 17.2 Å². The molecule has 1 aromatic carbocycles. The van der Waals surface area contributed by atoms with Gasteiger partial charge in [0.2, 0.25) is 11.8 Å². The van der Waals surface area contributed by atoms with Crippen molar-refractivity contribution in [3.05, 3.63) is 40.4 Å². The highest BCUT2D eigenvalue weighted by atomic mass is 32.1. The lowest BCUT2D eigenvalue weighted by Crippen LogP contribution is -2.30. The highest BCUT2D eigenvalue weighted by molar-refractivity contribution is 7.13. The van der Waals surface area contributed by atoms with Crippen LogP contribution in [0.2, 0.25) is 0 Å². The molecule has 28 heavy (non-hydrogen) atoms. The fourth-order valence-corrected chi connectivity index (χ4v) is 3.64. The van der Waals surface area contributed by atoms with Crippen LogP contribution in [0.3, 0.4) is 0 Å². The smallest absolute Gasteiger partial charge is 0.311 e. The van der Waals surface area contributed by atoms with Gasteiger partial charge in [-0.05, 0) is 24.1 Å². The Morgan fingerprint density at radius 3 is 2.61 bits per heavy atom. The molecule has 0 spiro atoms. The number of amides is 2. The Morgan fingerprint density at radius 1 is 1.25 bits per heavy atom. The van der Waals surface area contributed by atoms with Crippen LogP contribution in [0.1, 0.15) is 37.6 Å². The number of aromatic nitrogens is 1. The van der Waals surface area contributed by atoms with Crippen molar-refractivity contribution < 1.29 is 22.8 Å². The van der Waals surface area contributed by atoms with Crippen LogP contribution in [0.4, 0.5) is 24.0 Å². The van der Waals surface area contributed by atoms with Gasteiger partial charge in [0.25, 0.3) is 0 Å². The van der Waals surface area contributed by atoms with Gasteiger partial charge in [0.05, 0.1) is 17.7 Å². The maximum Gasteiger partial charge on any atom is 0.416 e. The lowest BCUT2D eigenvalue weighted by atomic mass is 9.96. The summed E-state index contributed by atoms with van der Waals surface area (Å²) in [5, 5.41) is 4.76. The third-order valence-corrected chi connectivity index (χ3v) is 5.23. The van der Waals surface area contributed by atoms with Crippen molar-refractivity contribution in [2.45, 2.75) is 39.8 Å². The third kappa shape index (κ3) is 4.19. The predicted octanol–water partition coefficient (Wildman–Crippen LogP) is 4.28. The number of nitrogens with zero attached hydrogens (tertiary/aromatic N) is 2. The minimum Gasteiger partial charge on any atom is -0.311 e. The van der Waals surface area contributed by atoms with Crippen molar-refractivity contribution in [2.75, 3.05) is 16.8 Å². The number of carbonyl (C=O) groups excluding carboxylic acids is 2. The number of alkyl halides is 3. The van der Waals surface area contributed by atoms with Crippen molar-refractivity contribution in [3.8, 4) is 0 Å². The molecule has 0 atom stereocenters. The zero-order valence-corrected chi connectivity index (χ0v) is 16.5. The molecule has 0 fully saturated rings. The summed E-state index contributed by atoms with van der Waals surface area (Å²) >= 11 is 1.21. The van der Waals surface area contributed by atoms with Crippen molar-refractivity contribution in [2.24, 2.45) is 5.41 Å². The summed E-state index contributed by atoms with van der Waals surface area (Å²) < 4.78 is 39.5. The molecule has 0 bridgehead atoms. The van der Waals surface area contributed by atoms with E-state index in [0.717, 1.165) is 6.07 Å². The molecule has 3 rings (SSSR count). The fraction of sp³-hybridized carbons (Fsp3) is 0.421. The van der Waals surface area contributed by atoms with Crippen LogP contribution in [0.5, 0.6) is 0 Å². The van der Waals surface area contributed by atoms with Gasteiger partial charge in [-0.25, -0.2) is 4.98 Å². The molecule has 0 radical (unpaired) electrons. The van der Waals surface area contributed by atoms with Crippen LogP contribution in [0.15, 0.2) is 23.6 Å². The Kier molecular flexibility index (Phi) is 5.22. The number of carbonyl (C=O) groups is 2. The molecule has 1 N–H and O–H groups in total. The first-order chi connectivity index (χ1) is 13.0. The molecular weight excluding hydrogens is 391 g/mol. The lowest BCUT2D eigenvalue weighted by molar-refractivity contribution is -0.138. The van der Waals surface area contributed by atoms with Crippen LogP contribution in [-0.4, -0.2) is 23.3 Å². The van der Waals surface area contributed by atoms with E-state index in [-0.39, 0.29) is 36.8 Å². The molecule has 2 aromatic rings. The molecule has 9 heteroatoms. The molecule has 2 heterocycles. The van der Waals surface area contributed by atoms with Gasteiger partial charge in [-0.1, -0.05) is 26.8 Å². The molecule has 0 saturated carbocycles. The number of benzene rings is 1. The number of hydrogen-bond donors (Lipinski definition) is 1. The predicted molar refractivity (Wildman–Crippen MR) is 101 cm³/mol. The quantitative estimate of drug-likeness (QED) is 0.820. The summed E-state index contributed by atoms with van der Waals surface area (Å²) in [6, 6.07) is 3.89. The van der Waals surface area contributed by atoms with Gasteiger partial charge in [0.15, 0.2) is 5.13 Å². The number of anilines is 2. The second-order valence-corrected chi connectivity index (χ2v) is 8.48. The summed E-state index contributed by atoms with van der Waals surface area (Å²) in [5.74, 6) is -0.509. The summed E-state index contributed by atoms with van der Waals surface area (Å²) in [4.78, 5) is 30.3. The number of nitrogens with one attached hydrogen (secondary N) is 1. The van der Waals surface area contributed by atoms with Crippen LogP contribution < -0.4 is 10.2 Å². The SMILES string of the molecule is CC(C)(C)C(=O)Nc1nc(CC(=O)N2CCc3c2cccc3C(F)(F)F)cs1. The maximum atomic E-state index is 13.2. The first kappa shape index (κ1) is 20.3. The van der Waals surface area contributed by atoms with Gasteiger partial charge in [-0.15, -0.1) is 11.3 Å². The van der Waals surface area contributed by atoms with Gasteiger partial charge in [-0.2, -0.15) is 13.2 Å². The normalized spacial score (nSPS) is 14.1. The maximum absolute atomic E-state index is 13.2. The van der Waals surface area contributed by atoms with E-state index in [1.54, 1.807) is 26.2 Å². The molecule has 1 aliphatic heterocycles. The van der Waals surface area contributed by atoms with Crippen LogP contribution >= 0.6 is 11.3 Å². The van der Waals surface area contributed by atoms with E-state index >= 15 is 0 Å². The van der Waals surface area contributed by atoms with Gasteiger partial charge in [0, 0.05) is 23.0 Å². The molecule has 0 unspecified atom stereocenters. The molecule has 1 aliphatic rings. The van der Waals surface area contributed by atoms with Crippen LogP contribution in [0.25, 0.3) is 0 Å². The van der Waals surface area contributed by atoms with E-state index in [1.165, 1.54) is 28.4 Å². The van der Waals surface area contributed by atoms with Gasteiger partial charge >= 0.3 is 6.18 Å². The molecule has 0 aliphatic carbocycles. The largest absolute Gasteiger partial charge is 0.416 e. The van der Waals surface area contributed by atoms with Gasteiger partial charge in [0.1, 0.15) is 0 Å². The molecule has 2 amide bonds. The van der Waals surface area contributed by atoms with Gasteiger partial charge in [-0.3, -0.25) is 9.59 Å². The van der Waals surface area contributed by atoms with Crippen LogP contribution in [-0.2, 0) is 28.6 Å². The zero-order chi connectivity index (χ0) is 20.7. The van der Waals surface area contributed by atoms with Crippen LogP contribution in [0, 0.1) is 5.41 Å². The number of halogens is 3. The average molecular weight is 411 g/mol. The van der Waals surface area contributed by atoms with Crippen molar-refractivity contribution in [1.29, 1.82) is 0 Å². The summed E-state index contributed by atoms with van der Waals surface area (Å²) in [7, 11) is 0. The minimum absolute atomic E-state index is 0.0441. The topological polar surface area (TPSA) is 62.3 Å². The number of thiazole rings is 1. The molecule has 1 aromatic heterocycles. The Balaban J connectivity index is 1.72. The molecule has 0 saturated heterocycles. The lowest BCUT2D eigenvalue weighted by Gasteiger charge is -2.18. The monoisotopic (exact) mass is 411 g/mol. The number of hydrogen-bond acceptors (Lipinski definition) is 4. The molecule has 5 nitrogen and oxygen atoms in total. The van der Waals surface area contributed by atoms with Crippen molar-refractivity contribution in [1.82, 2.24) is 4.98 Å². The second-order valence-electron chi connectivity index (χ2n) is 7.62. The summed E-state index contributed by atoms with van der Waals surface area (Å²) in [5.41, 5.74) is -0.339. The number of fused-ring (bicyclic) bond motifs is 1. The Hall–Kier alpha value is -2.42. The van der Waals surface area contributed by atoms with E-state index in [1.807, 2.05) is 0 Å².